The van der Waals surface area contributed by atoms with E-state index >= 15 is 0 Å². The van der Waals surface area contributed by atoms with E-state index in [0.29, 0.717) is 24.8 Å². The van der Waals surface area contributed by atoms with Crippen LogP contribution in [-0.2, 0) is 6.54 Å². The maximum atomic E-state index is 12.5. The number of amides is 3. The van der Waals surface area contributed by atoms with Crippen LogP contribution in [0.1, 0.15) is 48.2 Å². The molecule has 0 aliphatic carbocycles. The Balaban J connectivity index is 1.24. The van der Waals surface area contributed by atoms with Gasteiger partial charge in [-0.15, -0.1) is 0 Å². The molecule has 1 aromatic heterocycles. The average molecular weight is 384 g/mol. The molecule has 0 saturated carbocycles. The third-order valence-electron chi connectivity index (χ3n) is 5.15. The van der Waals surface area contributed by atoms with Crippen LogP contribution in [0.15, 0.2) is 47.3 Å². The summed E-state index contributed by atoms with van der Waals surface area (Å²) >= 11 is 0. The first kappa shape index (κ1) is 19.9. The van der Waals surface area contributed by atoms with E-state index in [4.69, 9.17) is 4.42 Å². The number of oxazole rings is 1. The predicted octanol–water partition coefficient (Wildman–Crippen LogP) is 3.20. The van der Waals surface area contributed by atoms with Crippen molar-refractivity contribution in [2.45, 2.75) is 38.6 Å². The second kappa shape index (κ2) is 10.5. The van der Waals surface area contributed by atoms with E-state index in [1.165, 1.54) is 6.39 Å². The van der Waals surface area contributed by atoms with Crippen LogP contribution < -0.4 is 10.6 Å². The highest BCUT2D eigenvalue weighted by Crippen LogP contribution is 2.23. The normalized spacial score (nSPS) is 14.6. The molecule has 3 rings (SSSR count). The van der Waals surface area contributed by atoms with Gasteiger partial charge in [-0.05, 0) is 37.3 Å². The molecule has 0 atom stereocenters. The molecule has 2 N–H and O–H groups in total. The number of likely N-dealkylation sites (tertiary alicyclic amines) is 1. The van der Waals surface area contributed by atoms with Gasteiger partial charge in [-0.1, -0.05) is 31.0 Å². The minimum atomic E-state index is -0.191. The monoisotopic (exact) mass is 384 g/mol. The lowest BCUT2D eigenvalue weighted by molar-refractivity contribution is 0.0686. The van der Waals surface area contributed by atoms with Crippen LogP contribution in [0.2, 0.25) is 0 Å². The Labute approximate surface area is 165 Å². The first-order chi connectivity index (χ1) is 13.7. The highest BCUT2D eigenvalue weighted by atomic mass is 16.3. The summed E-state index contributed by atoms with van der Waals surface area (Å²) in [7, 11) is 0. The Bertz CT molecular complexity index is 725. The van der Waals surface area contributed by atoms with Crippen LogP contribution in [0.5, 0.6) is 0 Å². The van der Waals surface area contributed by atoms with Gasteiger partial charge in [0.15, 0.2) is 6.39 Å². The largest absolute Gasteiger partial charge is 0.447 e. The fourth-order valence-electron chi connectivity index (χ4n) is 3.51. The maximum absolute atomic E-state index is 12.5. The summed E-state index contributed by atoms with van der Waals surface area (Å²) in [5.41, 5.74) is 0.772. The first-order valence-corrected chi connectivity index (χ1v) is 9.96. The van der Waals surface area contributed by atoms with E-state index in [9.17, 15) is 9.59 Å². The van der Waals surface area contributed by atoms with Crippen molar-refractivity contribution < 1.29 is 14.0 Å². The summed E-state index contributed by atoms with van der Waals surface area (Å²) in [6.45, 7) is 2.67. The van der Waals surface area contributed by atoms with Crippen LogP contribution >= 0.6 is 0 Å². The number of carbonyl (C=O) groups is 2. The molecule has 0 radical (unpaired) electrons. The second-order valence-corrected chi connectivity index (χ2v) is 7.17. The predicted molar refractivity (Wildman–Crippen MR) is 106 cm³/mol. The van der Waals surface area contributed by atoms with Crippen molar-refractivity contribution in [2.24, 2.45) is 5.92 Å². The molecular formula is C21H28N4O3. The van der Waals surface area contributed by atoms with E-state index in [0.717, 1.165) is 50.8 Å². The van der Waals surface area contributed by atoms with Gasteiger partial charge in [0.05, 0.1) is 12.7 Å². The number of urea groups is 1. The number of hydrogen-bond donors (Lipinski definition) is 2. The number of piperidine rings is 1. The van der Waals surface area contributed by atoms with E-state index in [2.05, 4.69) is 15.6 Å². The van der Waals surface area contributed by atoms with E-state index < -0.39 is 0 Å². The molecule has 150 valence electrons. The number of unbranched alkanes of at least 4 members (excludes halogenated alkanes) is 1. The second-order valence-electron chi connectivity index (χ2n) is 7.17. The Morgan fingerprint density at radius 2 is 1.89 bits per heavy atom. The molecule has 7 nitrogen and oxygen atoms in total. The van der Waals surface area contributed by atoms with Gasteiger partial charge < -0.3 is 20.0 Å². The van der Waals surface area contributed by atoms with Crippen molar-refractivity contribution in [3.8, 4) is 0 Å². The summed E-state index contributed by atoms with van der Waals surface area (Å²) in [6.07, 6.45) is 8.23. The number of nitrogens with one attached hydrogen (secondary N) is 2. The van der Waals surface area contributed by atoms with Gasteiger partial charge in [0, 0.05) is 25.2 Å². The van der Waals surface area contributed by atoms with Gasteiger partial charge in [-0.3, -0.25) is 4.79 Å². The highest BCUT2D eigenvalue weighted by Gasteiger charge is 2.23. The molecule has 0 unspecified atom stereocenters. The number of benzene rings is 1. The molecule has 1 aromatic carbocycles. The quantitative estimate of drug-likeness (QED) is 0.684. The third-order valence-corrected chi connectivity index (χ3v) is 5.15. The highest BCUT2D eigenvalue weighted by molar-refractivity contribution is 5.94. The number of nitrogens with zero attached hydrogens (tertiary/aromatic N) is 2. The van der Waals surface area contributed by atoms with Crippen molar-refractivity contribution in [1.29, 1.82) is 0 Å². The summed E-state index contributed by atoms with van der Waals surface area (Å²) in [6, 6.07) is 9.30. The van der Waals surface area contributed by atoms with E-state index in [1.54, 1.807) is 6.20 Å². The minimum absolute atomic E-state index is 0.139. The molecule has 7 heteroatoms. The Kier molecular flexibility index (Phi) is 7.46. The van der Waals surface area contributed by atoms with E-state index in [-0.39, 0.29) is 11.9 Å². The zero-order valence-electron chi connectivity index (χ0n) is 16.1. The number of aromatic nitrogens is 1. The Morgan fingerprint density at radius 3 is 2.61 bits per heavy atom. The summed E-state index contributed by atoms with van der Waals surface area (Å²) in [5, 5.41) is 5.59. The van der Waals surface area contributed by atoms with Crippen LogP contribution in [0.25, 0.3) is 0 Å². The molecule has 3 amide bonds. The minimum Gasteiger partial charge on any atom is -0.447 e. The van der Waals surface area contributed by atoms with Crippen molar-refractivity contribution in [1.82, 2.24) is 20.5 Å². The molecule has 1 aliphatic heterocycles. The van der Waals surface area contributed by atoms with Gasteiger partial charge in [-0.2, -0.15) is 0 Å². The van der Waals surface area contributed by atoms with Gasteiger partial charge >= 0.3 is 6.03 Å². The van der Waals surface area contributed by atoms with Crippen LogP contribution in [0.3, 0.4) is 0 Å². The average Bonchev–Trinajstić information content (AvgIpc) is 3.26. The molecular weight excluding hydrogens is 356 g/mol. The number of hydrogen-bond acceptors (Lipinski definition) is 4. The molecule has 28 heavy (non-hydrogen) atoms. The van der Waals surface area contributed by atoms with Gasteiger partial charge in [0.1, 0.15) is 5.76 Å². The van der Waals surface area contributed by atoms with Gasteiger partial charge in [-0.25, -0.2) is 9.78 Å². The van der Waals surface area contributed by atoms with Crippen LogP contribution in [0.4, 0.5) is 4.79 Å². The molecule has 2 aromatic rings. The smallest absolute Gasteiger partial charge is 0.315 e. The molecule has 1 fully saturated rings. The Morgan fingerprint density at radius 1 is 1.11 bits per heavy atom. The summed E-state index contributed by atoms with van der Waals surface area (Å²) in [5.74, 6) is 1.44. The summed E-state index contributed by atoms with van der Waals surface area (Å²) in [4.78, 5) is 29.9. The maximum Gasteiger partial charge on any atom is 0.315 e. The molecule has 1 saturated heterocycles. The fraction of sp³-hybridized carbons (Fsp3) is 0.476. The topological polar surface area (TPSA) is 87.5 Å². The standard InChI is InChI=1S/C21H28N4O3/c26-20(18-7-2-1-3-8-18)25-12-9-17(10-13-25)6-4-5-11-23-21(27)24-15-19-14-22-16-28-19/h1-3,7-8,14,16-17H,4-6,9-13,15H2,(H2,23,24,27). The zero-order valence-corrected chi connectivity index (χ0v) is 16.1. The van der Waals surface area contributed by atoms with Crippen molar-refractivity contribution >= 4 is 11.9 Å². The lowest BCUT2D eigenvalue weighted by Gasteiger charge is -2.32. The van der Waals surface area contributed by atoms with Crippen molar-refractivity contribution in [2.75, 3.05) is 19.6 Å². The van der Waals surface area contributed by atoms with Gasteiger partial charge in [0.2, 0.25) is 0 Å². The SMILES string of the molecule is O=C(NCCCCC1CCN(C(=O)c2ccccc2)CC1)NCc1cnco1. The molecule has 0 spiro atoms. The van der Waals surface area contributed by atoms with E-state index in [1.807, 2.05) is 35.2 Å². The Hall–Kier alpha value is -2.83. The van der Waals surface area contributed by atoms with Crippen molar-refractivity contribution in [3.63, 3.8) is 0 Å². The zero-order chi connectivity index (χ0) is 19.6. The lowest BCUT2D eigenvalue weighted by atomic mass is 9.91. The number of rotatable bonds is 8. The number of carbonyl (C=O) groups excluding carboxylic acids is 2. The van der Waals surface area contributed by atoms with Gasteiger partial charge in [0.25, 0.3) is 5.91 Å². The third kappa shape index (κ3) is 6.11. The van der Waals surface area contributed by atoms with Crippen molar-refractivity contribution in [3.05, 3.63) is 54.2 Å². The fourth-order valence-corrected chi connectivity index (χ4v) is 3.51. The molecule has 2 heterocycles. The first-order valence-electron chi connectivity index (χ1n) is 9.96. The molecule has 1 aliphatic rings. The lowest BCUT2D eigenvalue weighted by Crippen LogP contribution is -2.38. The van der Waals surface area contributed by atoms with Crippen LogP contribution in [-0.4, -0.2) is 41.5 Å². The van der Waals surface area contributed by atoms with Crippen LogP contribution in [0, 0.1) is 5.92 Å². The summed E-state index contributed by atoms with van der Waals surface area (Å²) < 4.78 is 5.06. The molecule has 0 bridgehead atoms.